The second kappa shape index (κ2) is 5.96. The van der Waals surface area contributed by atoms with Crippen LogP contribution in [0.5, 0.6) is 0 Å². The standard InChI is InChI=1S/C13H18N4O3/c1-10(2)8-15-5-6-16(13(18)9-15)11-3-4-12(14-7-11)17(19)20/h3-4,7,10H,5-6,8-9H2,1-2H3. The van der Waals surface area contributed by atoms with Gasteiger partial charge in [-0.15, -0.1) is 0 Å². The number of carbonyl (C=O) groups is 1. The Kier molecular flexibility index (Phi) is 4.29. The van der Waals surface area contributed by atoms with E-state index < -0.39 is 4.92 Å². The summed E-state index contributed by atoms with van der Waals surface area (Å²) in [5, 5.41) is 10.6. The third-order valence-corrected chi connectivity index (χ3v) is 3.15. The van der Waals surface area contributed by atoms with Gasteiger partial charge in [0.1, 0.15) is 0 Å². The third kappa shape index (κ3) is 3.30. The molecule has 1 saturated heterocycles. The summed E-state index contributed by atoms with van der Waals surface area (Å²) in [4.78, 5) is 29.6. The number of piperazine rings is 1. The van der Waals surface area contributed by atoms with Gasteiger partial charge in [-0.2, -0.15) is 0 Å². The lowest BCUT2D eigenvalue weighted by Gasteiger charge is -2.34. The molecule has 1 aromatic heterocycles. The van der Waals surface area contributed by atoms with Crippen molar-refractivity contribution < 1.29 is 9.72 Å². The van der Waals surface area contributed by atoms with E-state index in [1.807, 2.05) is 0 Å². The summed E-state index contributed by atoms with van der Waals surface area (Å²) in [6.45, 7) is 6.92. The number of anilines is 1. The van der Waals surface area contributed by atoms with Crippen LogP contribution in [0.2, 0.25) is 0 Å². The molecule has 2 rings (SSSR count). The van der Waals surface area contributed by atoms with Crippen LogP contribution in [0.25, 0.3) is 0 Å². The summed E-state index contributed by atoms with van der Waals surface area (Å²) in [5.74, 6) is 0.322. The molecular formula is C13H18N4O3. The predicted molar refractivity (Wildman–Crippen MR) is 74.5 cm³/mol. The summed E-state index contributed by atoms with van der Waals surface area (Å²) in [6, 6.07) is 2.89. The van der Waals surface area contributed by atoms with Crippen molar-refractivity contribution in [1.29, 1.82) is 0 Å². The van der Waals surface area contributed by atoms with Crippen molar-refractivity contribution in [1.82, 2.24) is 9.88 Å². The van der Waals surface area contributed by atoms with E-state index in [9.17, 15) is 14.9 Å². The van der Waals surface area contributed by atoms with Crippen LogP contribution in [-0.2, 0) is 4.79 Å². The summed E-state index contributed by atoms with van der Waals surface area (Å²) >= 11 is 0. The van der Waals surface area contributed by atoms with Crippen molar-refractivity contribution in [2.45, 2.75) is 13.8 Å². The minimum absolute atomic E-state index is 0.00699. The van der Waals surface area contributed by atoms with Gasteiger partial charge in [-0.25, -0.2) is 0 Å². The van der Waals surface area contributed by atoms with Gasteiger partial charge in [0.15, 0.2) is 6.20 Å². The molecule has 7 nitrogen and oxygen atoms in total. The average Bonchev–Trinajstić information content (AvgIpc) is 2.38. The molecule has 0 bridgehead atoms. The Morgan fingerprint density at radius 3 is 2.65 bits per heavy atom. The van der Waals surface area contributed by atoms with E-state index in [4.69, 9.17) is 0 Å². The van der Waals surface area contributed by atoms with E-state index in [0.29, 0.717) is 24.7 Å². The monoisotopic (exact) mass is 278 g/mol. The number of hydrogen-bond acceptors (Lipinski definition) is 5. The maximum absolute atomic E-state index is 12.1. The quantitative estimate of drug-likeness (QED) is 0.612. The maximum Gasteiger partial charge on any atom is 0.363 e. The number of pyridine rings is 1. The van der Waals surface area contributed by atoms with Gasteiger partial charge in [-0.1, -0.05) is 13.8 Å². The summed E-state index contributed by atoms with van der Waals surface area (Å²) in [5.41, 5.74) is 0.616. The highest BCUT2D eigenvalue weighted by molar-refractivity contribution is 5.95. The molecule has 0 N–H and O–H groups in total. The molecule has 1 aliphatic heterocycles. The van der Waals surface area contributed by atoms with E-state index >= 15 is 0 Å². The Hall–Kier alpha value is -2.02. The summed E-state index contributed by atoms with van der Waals surface area (Å²) in [7, 11) is 0. The van der Waals surface area contributed by atoms with Crippen molar-refractivity contribution >= 4 is 17.4 Å². The minimum atomic E-state index is -0.549. The Labute approximate surface area is 117 Å². The first kappa shape index (κ1) is 14.4. The lowest BCUT2D eigenvalue weighted by Crippen LogP contribution is -2.51. The van der Waals surface area contributed by atoms with E-state index in [2.05, 4.69) is 23.7 Å². The van der Waals surface area contributed by atoms with Gasteiger partial charge in [-0.05, 0) is 21.9 Å². The molecule has 0 atom stereocenters. The Morgan fingerprint density at radius 1 is 1.40 bits per heavy atom. The number of rotatable bonds is 4. The molecule has 1 aromatic rings. The average molecular weight is 278 g/mol. The number of carbonyl (C=O) groups excluding carboxylic acids is 1. The minimum Gasteiger partial charge on any atom is -0.358 e. The van der Waals surface area contributed by atoms with Crippen molar-refractivity contribution in [3.63, 3.8) is 0 Å². The fraction of sp³-hybridized carbons (Fsp3) is 0.538. The van der Waals surface area contributed by atoms with Crippen LogP contribution in [-0.4, -0.2) is 46.9 Å². The van der Waals surface area contributed by atoms with Crippen LogP contribution in [0.3, 0.4) is 0 Å². The molecule has 7 heteroatoms. The van der Waals surface area contributed by atoms with Gasteiger partial charge in [0.05, 0.1) is 12.2 Å². The highest BCUT2D eigenvalue weighted by Crippen LogP contribution is 2.19. The van der Waals surface area contributed by atoms with Crippen LogP contribution in [0.1, 0.15) is 13.8 Å². The second-order valence-electron chi connectivity index (χ2n) is 5.31. The molecule has 1 amide bonds. The van der Waals surface area contributed by atoms with E-state index in [1.54, 1.807) is 11.0 Å². The Morgan fingerprint density at radius 2 is 2.15 bits per heavy atom. The van der Waals surface area contributed by atoms with Crippen LogP contribution < -0.4 is 4.90 Å². The smallest absolute Gasteiger partial charge is 0.358 e. The number of nitro groups is 1. The van der Waals surface area contributed by atoms with Crippen LogP contribution in [0, 0.1) is 16.0 Å². The second-order valence-corrected chi connectivity index (χ2v) is 5.31. The predicted octanol–water partition coefficient (Wildman–Crippen LogP) is 1.29. The molecule has 1 fully saturated rings. The van der Waals surface area contributed by atoms with E-state index in [0.717, 1.165) is 13.1 Å². The third-order valence-electron chi connectivity index (χ3n) is 3.15. The molecule has 0 unspecified atom stereocenters. The highest BCUT2D eigenvalue weighted by atomic mass is 16.6. The topological polar surface area (TPSA) is 79.6 Å². The van der Waals surface area contributed by atoms with Crippen molar-refractivity contribution in [3.8, 4) is 0 Å². The maximum atomic E-state index is 12.1. The molecular weight excluding hydrogens is 260 g/mol. The lowest BCUT2D eigenvalue weighted by atomic mass is 10.2. The molecule has 108 valence electrons. The number of hydrogen-bond donors (Lipinski definition) is 0. The fourth-order valence-corrected chi connectivity index (χ4v) is 2.31. The lowest BCUT2D eigenvalue weighted by molar-refractivity contribution is -0.389. The first-order chi connectivity index (χ1) is 9.47. The van der Waals surface area contributed by atoms with Crippen LogP contribution in [0.15, 0.2) is 18.3 Å². The summed E-state index contributed by atoms with van der Waals surface area (Å²) < 4.78 is 0. The molecule has 0 radical (unpaired) electrons. The highest BCUT2D eigenvalue weighted by Gasteiger charge is 2.26. The van der Waals surface area contributed by atoms with Crippen molar-refractivity contribution in [2.75, 3.05) is 31.1 Å². The molecule has 0 saturated carbocycles. The number of amides is 1. The van der Waals surface area contributed by atoms with Gasteiger partial charge in [0.2, 0.25) is 5.91 Å². The first-order valence-electron chi connectivity index (χ1n) is 6.60. The Bertz CT molecular complexity index is 501. The van der Waals surface area contributed by atoms with Crippen LogP contribution in [0.4, 0.5) is 11.5 Å². The normalized spacial score (nSPS) is 16.8. The van der Waals surface area contributed by atoms with Crippen molar-refractivity contribution in [2.24, 2.45) is 5.92 Å². The van der Waals surface area contributed by atoms with Gasteiger partial charge in [0, 0.05) is 25.7 Å². The summed E-state index contributed by atoms with van der Waals surface area (Å²) in [6.07, 6.45) is 1.38. The van der Waals surface area contributed by atoms with E-state index in [-0.39, 0.29) is 11.7 Å². The first-order valence-corrected chi connectivity index (χ1v) is 6.60. The van der Waals surface area contributed by atoms with Gasteiger partial charge >= 0.3 is 5.82 Å². The van der Waals surface area contributed by atoms with Gasteiger partial charge < -0.3 is 15.0 Å². The Balaban J connectivity index is 2.04. The van der Waals surface area contributed by atoms with Crippen LogP contribution >= 0.6 is 0 Å². The van der Waals surface area contributed by atoms with E-state index in [1.165, 1.54) is 12.3 Å². The largest absolute Gasteiger partial charge is 0.363 e. The molecule has 0 aliphatic carbocycles. The molecule has 0 aromatic carbocycles. The molecule has 0 spiro atoms. The van der Waals surface area contributed by atoms with Gasteiger partial charge in [-0.3, -0.25) is 9.69 Å². The zero-order valence-corrected chi connectivity index (χ0v) is 11.7. The van der Waals surface area contributed by atoms with Gasteiger partial charge in [0.25, 0.3) is 0 Å². The molecule has 1 aliphatic rings. The zero-order chi connectivity index (χ0) is 14.7. The zero-order valence-electron chi connectivity index (χ0n) is 11.7. The fourth-order valence-electron chi connectivity index (χ4n) is 2.31. The number of aromatic nitrogens is 1. The SMILES string of the molecule is CC(C)CN1CCN(c2ccc([N+](=O)[O-])nc2)C(=O)C1. The molecule has 2 heterocycles. The van der Waals surface area contributed by atoms with Crippen molar-refractivity contribution in [3.05, 3.63) is 28.4 Å². The molecule has 20 heavy (non-hydrogen) atoms. The number of nitrogens with zero attached hydrogens (tertiary/aromatic N) is 4.